The van der Waals surface area contributed by atoms with Gasteiger partial charge in [0.25, 0.3) is 0 Å². The number of aromatic nitrogens is 4. The third-order valence-corrected chi connectivity index (χ3v) is 3.41. The van der Waals surface area contributed by atoms with Crippen molar-refractivity contribution in [3.05, 3.63) is 48.5 Å². The fourth-order valence-corrected chi connectivity index (χ4v) is 2.38. The molecule has 98 valence electrons. The van der Waals surface area contributed by atoms with E-state index in [0.717, 1.165) is 28.0 Å². The van der Waals surface area contributed by atoms with Gasteiger partial charge in [0, 0.05) is 7.05 Å². The molecule has 4 aromatic rings. The van der Waals surface area contributed by atoms with Crippen LogP contribution in [0.3, 0.4) is 0 Å². The largest absolute Gasteiger partial charge is 0.324 e. The lowest BCUT2D eigenvalue weighted by molar-refractivity contribution is 0.953. The molecule has 0 aliphatic rings. The summed E-state index contributed by atoms with van der Waals surface area (Å²) >= 11 is 0. The van der Waals surface area contributed by atoms with E-state index in [1.54, 1.807) is 0 Å². The molecule has 2 aromatic heterocycles. The molecule has 2 N–H and O–H groups in total. The van der Waals surface area contributed by atoms with Crippen LogP contribution in [0.1, 0.15) is 0 Å². The molecule has 0 unspecified atom stereocenters. The Kier molecular flexibility index (Phi) is 2.26. The van der Waals surface area contributed by atoms with Gasteiger partial charge in [0.2, 0.25) is 11.9 Å². The number of H-pyrrole nitrogens is 1. The quantitative estimate of drug-likeness (QED) is 0.584. The molecule has 5 nitrogen and oxygen atoms in total. The maximum absolute atomic E-state index is 4.57. The summed E-state index contributed by atoms with van der Waals surface area (Å²) in [6, 6.07) is 16.0. The second-order valence-corrected chi connectivity index (χ2v) is 4.71. The lowest BCUT2D eigenvalue weighted by atomic mass is 10.3. The first-order chi connectivity index (χ1) is 9.81. The van der Waals surface area contributed by atoms with Crippen LogP contribution in [0.5, 0.6) is 0 Å². The summed E-state index contributed by atoms with van der Waals surface area (Å²) in [5, 5.41) is 3.24. The summed E-state index contributed by atoms with van der Waals surface area (Å²) in [6.45, 7) is 0. The zero-order valence-electron chi connectivity index (χ0n) is 11.0. The first-order valence-electron chi connectivity index (χ1n) is 6.44. The molecule has 5 heteroatoms. The van der Waals surface area contributed by atoms with E-state index < -0.39 is 0 Å². The zero-order valence-corrected chi connectivity index (χ0v) is 11.0. The van der Waals surface area contributed by atoms with Crippen LogP contribution in [0.4, 0.5) is 11.9 Å². The van der Waals surface area contributed by atoms with Gasteiger partial charge in [-0.15, -0.1) is 0 Å². The number of nitrogens with one attached hydrogen (secondary N) is 2. The van der Waals surface area contributed by atoms with Crippen LogP contribution in [0, 0.1) is 0 Å². The number of para-hydroxylation sites is 4. The third-order valence-electron chi connectivity index (χ3n) is 3.41. The SMILES string of the molecule is Cn1c(Nc2nc3ccccc3[nH]2)nc2ccccc21. The molecule has 0 amide bonds. The third kappa shape index (κ3) is 1.64. The van der Waals surface area contributed by atoms with Crippen LogP contribution in [0.15, 0.2) is 48.5 Å². The molecule has 0 spiro atoms. The Balaban J connectivity index is 1.78. The van der Waals surface area contributed by atoms with E-state index in [-0.39, 0.29) is 0 Å². The normalized spacial score (nSPS) is 11.2. The minimum absolute atomic E-state index is 0.699. The van der Waals surface area contributed by atoms with E-state index >= 15 is 0 Å². The van der Waals surface area contributed by atoms with E-state index in [4.69, 9.17) is 0 Å². The Morgan fingerprint density at radius 3 is 2.50 bits per heavy atom. The average molecular weight is 263 g/mol. The Morgan fingerprint density at radius 1 is 0.950 bits per heavy atom. The Labute approximate surface area is 115 Å². The first kappa shape index (κ1) is 11.0. The highest BCUT2D eigenvalue weighted by atomic mass is 15.3. The van der Waals surface area contributed by atoms with Gasteiger partial charge in [-0.2, -0.15) is 0 Å². The number of hydrogen-bond donors (Lipinski definition) is 2. The van der Waals surface area contributed by atoms with Crippen molar-refractivity contribution in [2.75, 3.05) is 5.32 Å². The highest BCUT2D eigenvalue weighted by Gasteiger charge is 2.09. The number of imidazole rings is 2. The maximum Gasteiger partial charge on any atom is 0.210 e. The zero-order chi connectivity index (χ0) is 13.5. The number of nitrogens with zero attached hydrogens (tertiary/aromatic N) is 3. The lowest BCUT2D eigenvalue weighted by Gasteiger charge is -2.02. The molecule has 4 rings (SSSR count). The Morgan fingerprint density at radius 2 is 1.70 bits per heavy atom. The minimum Gasteiger partial charge on any atom is -0.324 e. The van der Waals surface area contributed by atoms with E-state index in [0.29, 0.717) is 5.95 Å². The minimum atomic E-state index is 0.699. The van der Waals surface area contributed by atoms with Gasteiger partial charge >= 0.3 is 0 Å². The van der Waals surface area contributed by atoms with Crippen LogP contribution in [0.2, 0.25) is 0 Å². The number of anilines is 2. The molecule has 0 radical (unpaired) electrons. The molecule has 0 saturated heterocycles. The van der Waals surface area contributed by atoms with Crippen molar-refractivity contribution in [2.24, 2.45) is 7.05 Å². The van der Waals surface area contributed by atoms with Crippen molar-refractivity contribution >= 4 is 34.0 Å². The fraction of sp³-hybridized carbons (Fsp3) is 0.0667. The van der Waals surface area contributed by atoms with Crippen LogP contribution >= 0.6 is 0 Å². The van der Waals surface area contributed by atoms with E-state index in [2.05, 4.69) is 20.3 Å². The number of fused-ring (bicyclic) bond motifs is 2. The van der Waals surface area contributed by atoms with Crippen LogP contribution < -0.4 is 5.32 Å². The molecule has 0 saturated carbocycles. The number of rotatable bonds is 2. The first-order valence-corrected chi connectivity index (χ1v) is 6.44. The smallest absolute Gasteiger partial charge is 0.210 e. The van der Waals surface area contributed by atoms with Gasteiger partial charge in [-0.25, -0.2) is 9.97 Å². The van der Waals surface area contributed by atoms with Crippen molar-refractivity contribution in [3.8, 4) is 0 Å². The molecule has 2 heterocycles. The van der Waals surface area contributed by atoms with Crippen LogP contribution in [0.25, 0.3) is 22.1 Å². The monoisotopic (exact) mass is 263 g/mol. The predicted molar refractivity (Wildman–Crippen MR) is 80.1 cm³/mol. The molecular weight excluding hydrogens is 250 g/mol. The summed E-state index contributed by atoms with van der Waals surface area (Å²) in [4.78, 5) is 12.3. The molecule has 0 atom stereocenters. The maximum atomic E-state index is 4.57. The van der Waals surface area contributed by atoms with Gasteiger partial charge in [0.15, 0.2) is 0 Å². The van der Waals surface area contributed by atoms with Gasteiger partial charge in [0.1, 0.15) is 0 Å². The Hall–Kier alpha value is -2.82. The summed E-state index contributed by atoms with van der Waals surface area (Å²) in [7, 11) is 1.99. The molecule has 0 aliphatic carbocycles. The van der Waals surface area contributed by atoms with Gasteiger partial charge in [-0.05, 0) is 24.3 Å². The molecular formula is C15H13N5. The summed E-state index contributed by atoms with van der Waals surface area (Å²) < 4.78 is 2.02. The average Bonchev–Trinajstić information content (AvgIpc) is 3.01. The van der Waals surface area contributed by atoms with Crippen LogP contribution in [-0.2, 0) is 7.05 Å². The molecule has 0 aliphatic heterocycles. The summed E-state index contributed by atoms with van der Waals surface area (Å²) in [5.74, 6) is 1.47. The van der Waals surface area contributed by atoms with E-state index in [1.807, 2.05) is 60.1 Å². The van der Waals surface area contributed by atoms with Crippen molar-refractivity contribution in [3.63, 3.8) is 0 Å². The highest BCUT2D eigenvalue weighted by Crippen LogP contribution is 2.21. The van der Waals surface area contributed by atoms with Gasteiger partial charge in [0.05, 0.1) is 22.1 Å². The number of aromatic amines is 1. The fourth-order valence-electron chi connectivity index (χ4n) is 2.38. The predicted octanol–water partition coefficient (Wildman–Crippen LogP) is 3.19. The number of aryl methyl sites for hydroxylation is 1. The molecule has 2 aromatic carbocycles. The standard InChI is InChI=1S/C15H13N5/c1-20-13-9-5-4-8-12(13)18-15(20)19-14-16-10-6-2-3-7-11(10)17-14/h2-9H,1H3,(H2,16,17,18,19). The van der Waals surface area contributed by atoms with Gasteiger partial charge in [-0.1, -0.05) is 24.3 Å². The number of benzene rings is 2. The van der Waals surface area contributed by atoms with Crippen LogP contribution in [-0.4, -0.2) is 19.5 Å². The van der Waals surface area contributed by atoms with Gasteiger partial charge < -0.3 is 9.55 Å². The highest BCUT2D eigenvalue weighted by molar-refractivity contribution is 5.81. The Bertz CT molecular complexity index is 870. The second-order valence-electron chi connectivity index (χ2n) is 4.71. The molecule has 0 fully saturated rings. The lowest BCUT2D eigenvalue weighted by Crippen LogP contribution is -2.00. The number of hydrogen-bond acceptors (Lipinski definition) is 3. The molecule has 20 heavy (non-hydrogen) atoms. The van der Waals surface area contributed by atoms with Crippen molar-refractivity contribution in [1.29, 1.82) is 0 Å². The summed E-state index contributed by atoms with van der Waals surface area (Å²) in [6.07, 6.45) is 0. The topological polar surface area (TPSA) is 58.5 Å². The van der Waals surface area contributed by atoms with Crippen molar-refractivity contribution < 1.29 is 0 Å². The van der Waals surface area contributed by atoms with E-state index in [9.17, 15) is 0 Å². The second kappa shape index (κ2) is 4.09. The van der Waals surface area contributed by atoms with Crippen molar-refractivity contribution in [1.82, 2.24) is 19.5 Å². The van der Waals surface area contributed by atoms with Crippen molar-refractivity contribution in [2.45, 2.75) is 0 Å². The summed E-state index contributed by atoms with van der Waals surface area (Å²) in [5.41, 5.74) is 4.00. The van der Waals surface area contributed by atoms with E-state index in [1.165, 1.54) is 0 Å². The van der Waals surface area contributed by atoms with Gasteiger partial charge in [-0.3, -0.25) is 5.32 Å². The molecule has 0 bridgehead atoms.